The van der Waals surface area contributed by atoms with Gasteiger partial charge in [0.25, 0.3) is 0 Å². The Labute approximate surface area is 97.7 Å². The molecule has 94 valence electrons. The van der Waals surface area contributed by atoms with Crippen LogP contribution in [0, 0.1) is 5.92 Å². The van der Waals surface area contributed by atoms with Crippen molar-refractivity contribution in [2.45, 2.75) is 39.2 Å². The number of hydrogen-bond donors (Lipinski definition) is 1. The minimum absolute atomic E-state index is 0.0837. The van der Waals surface area contributed by atoms with Gasteiger partial charge >= 0.3 is 5.97 Å². The van der Waals surface area contributed by atoms with Crippen LogP contribution in [0.3, 0.4) is 0 Å². The first kappa shape index (κ1) is 13.5. The van der Waals surface area contributed by atoms with Crippen molar-refractivity contribution in [1.29, 1.82) is 0 Å². The van der Waals surface area contributed by atoms with Crippen molar-refractivity contribution in [1.82, 2.24) is 5.32 Å². The molecule has 1 heterocycles. The van der Waals surface area contributed by atoms with Gasteiger partial charge < -0.3 is 14.8 Å². The summed E-state index contributed by atoms with van der Waals surface area (Å²) in [7, 11) is 0. The van der Waals surface area contributed by atoms with E-state index in [9.17, 15) is 4.79 Å². The van der Waals surface area contributed by atoms with Crippen LogP contribution in [0.15, 0.2) is 0 Å². The van der Waals surface area contributed by atoms with Crippen molar-refractivity contribution in [3.8, 4) is 0 Å². The fraction of sp³-hybridized carbons (Fsp3) is 0.917. The molecule has 16 heavy (non-hydrogen) atoms. The standard InChI is InChI=1S/C12H23NO3/c1-4-16-11(14)10(2)9-13-12(3)5-7-15-8-6-12/h10,13H,4-9H2,1-3H3. The number of ether oxygens (including phenoxy) is 2. The van der Waals surface area contributed by atoms with E-state index in [0.717, 1.165) is 26.1 Å². The summed E-state index contributed by atoms with van der Waals surface area (Å²) in [5.41, 5.74) is 0.110. The van der Waals surface area contributed by atoms with Crippen LogP contribution in [-0.2, 0) is 14.3 Å². The Hall–Kier alpha value is -0.610. The Kier molecular flexibility index (Phi) is 5.22. The maximum Gasteiger partial charge on any atom is 0.309 e. The smallest absolute Gasteiger partial charge is 0.309 e. The molecule has 1 fully saturated rings. The molecule has 1 aliphatic rings. The summed E-state index contributed by atoms with van der Waals surface area (Å²) in [6.07, 6.45) is 2.01. The molecule has 0 radical (unpaired) electrons. The monoisotopic (exact) mass is 229 g/mol. The summed E-state index contributed by atoms with van der Waals surface area (Å²) in [5, 5.41) is 3.46. The third-order valence-corrected chi connectivity index (χ3v) is 3.12. The van der Waals surface area contributed by atoms with Crippen molar-refractivity contribution in [3.05, 3.63) is 0 Å². The van der Waals surface area contributed by atoms with Crippen molar-refractivity contribution in [3.63, 3.8) is 0 Å². The van der Waals surface area contributed by atoms with Gasteiger partial charge in [0.2, 0.25) is 0 Å². The maximum atomic E-state index is 11.4. The molecule has 1 unspecified atom stereocenters. The molecule has 0 spiro atoms. The first-order valence-corrected chi connectivity index (χ1v) is 6.07. The Morgan fingerprint density at radius 2 is 2.12 bits per heavy atom. The molecule has 1 atom stereocenters. The van der Waals surface area contributed by atoms with Gasteiger partial charge in [0.05, 0.1) is 12.5 Å². The molecule has 0 saturated carbocycles. The summed E-state index contributed by atoms with van der Waals surface area (Å²) in [6, 6.07) is 0. The highest BCUT2D eigenvalue weighted by atomic mass is 16.5. The van der Waals surface area contributed by atoms with E-state index in [0.29, 0.717) is 13.2 Å². The maximum absolute atomic E-state index is 11.4. The number of rotatable bonds is 5. The summed E-state index contributed by atoms with van der Waals surface area (Å²) in [4.78, 5) is 11.4. The Morgan fingerprint density at radius 1 is 1.50 bits per heavy atom. The Morgan fingerprint density at radius 3 is 2.69 bits per heavy atom. The Balaban J connectivity index is 2.29. The van der Waals surface area contributed by atoms with E-state index in [-0.39, 0.29) is 17.4 Å². The van der Waals surface area contributed by atoms with Gasteiger partial charge in [0.15, 0.2) is 0 Å². The van der Waals surface area contributed by atoms with Crippen molar-refractivity contribution < 1.29 is 14.3 Å². The van der Waals surface area contributed by atoms with Gasteiger partial charge in [-0.3, -0.25) is 4.79 Å². The number of esters is 1. The predicted octanol–water partition coefficient (Wildman–Crippen LogP) is 1.34. The molecule has 0 amide bonds. The number of hydrogen-bond acceptors (Lipinski definition) is 4. The molecule has 1 N–H and O–H groups in total. The average Bonchev–Trinajstić information content (AvgIpc) is 2.27. The summed E-state index contributed by atoms with van der Waals surface area (Å²) >= 11 is 0. The molecule has 0 aromatic heterocycles. The lowest BCUT2D eigenvalue weighted by atomic mass is 9.92. The lowest BCUT2D eigenvalue weighted by Gasteiger charge is -2.35. The van der Waals surface area contributed by atoms with Crippen molar-refractivity contribution >= 4 is 5.97 Å². The zero-order valence-corrected chi connectivity index (χ0v) is 10.5. The second-order valence-electron chi connectivity index (χ2n) is 4.71. The van der Waals surface area contributed by atoms with Crippen molar-refractivity contribution in [2.24, 2.45) is 5.92 Å². The third-order valence-electron chi connectivity index (χ3n) is 3.12. The fourth-order valence-electron chi connectivity index (χ4n) is 1.77. The quantitative estimate of drug-likeness (QED) is 0.723. The minimum Gasteiger partial charge on any atom is -0.466 e. The zero-order valence-electron chi connectivity index (χ0n) is 10.5. The van der Waals surface area contributed by atoms with Crippen LogP contribution in [0.4, 0.5) is 0 Å². The molecular formula is C12H23NO3. The van der Waals surface area contributed by atoms with E-state index in [1.807, 2.05) is 13.8 Å². The number of carbonyl (C=O) groups excluding carboxylic acids is 1. The second kappa shape index (κ2) is 6.21. The first-order valence-electron chi connectivity index (χ1n) is 6.07. The van der Waals surface area contributed by atoms with Crippen molar-refractivity contribution in [2.75, 3.05) is 26.4 Å². The van der Waals surface area contributed by atoms with Crippen LogP contribution >= 0.6 is 0 Å². The average molecular weight is 229 g/mol. The summed E-state index contributed by atoms with van der Waals surface area (Å²) < 4.78 is 10.3. The molecule has 4 heteroatoms. The molecule has 0 aromatic carbocycles. The molecule has 1 rings (SSSR count). The molecule has 0 bridgehead atoms. The largest absolute Gasteiger partial charge is 0.466 e. The van der Waals surface area contributed by atoms with Crippen LogP contribution < -0.4 is 5.32 Å². The first-order chi connectivity index (χ1) is 7.57. The normalized spacial score (nSPS) is 21.4. The van der Waals surface area contributed by atoms with Gasteiger partial charge in [-0.2, -0.15) is 0 Å². The lowest BCUT2D eigenvalue weighted by molar-refractivity contribution is -0.147. The second-order valence-corrected chi connectivity index (χ2v) is 4.71. The van der Waals surface area contributed by atoms with Crippen LogP contribution in [0.1, 0.15) is 33.6 Å². The zero-order chi connectivity index (χ0) is 12.0. The molecule has 1 saturated heterocycles. The van der Waals surface area contributed by atoms with E-state index in [1.54, 1.807) is 0 Å². The highest BCUT2D eigenvalue weighted by Gasteiger charge is 2.28. The highest BCUT2D eigenvalue weighted by Crippen LogP contribution is 2.19. The fourth-order valence-corrected chi connectivity index (χ4v) is 1.77. The minimum atomic E-state index is -0.120. The van der Waals surface area contributed by atoms with Gasteiger partial charge in [0.1, 0.15) is 0 Å². The molecule has 0 aliphatic carbocycles. The van der Waals surface area contributed by atoms with Gasteiger partial charge in [-0.05, 0) is 26.7 Å². The molecule has 0 aromatic rings. The van der Waals surface area contributed by atoms with E-state index < -0.39 is 0 Å². The van der Waals surface area contributed by atoms with Crippen LogP contribution in [0.5, 0.6) is 0 Å². The molecule has 1 aliphatic heterocycles. The van der Waals surface area contributed by atoms with Gasteiger partial charge in [-0.25, -0.2) is 0 Å². The number of nitrogens with one attached hydrogen (secondary N) is 1. The third kappa shape index (κ3) is 4.10. The van der Waals surface area contributed by atoms with Gasteiger partial charge in [0, 0.05) is 25.3 Å². The van der Waals surface area contributed by atoms with Gasteiger partial charge in [-0.1, -0.05) is 6.92 Å². The molecular weight excluding hydrogens is 206 g/mol. The predicted molar refractivity (Wildman–Crippen MR) is 62.3 cm³/mol. The van der Waals surface area contributed by atoms with E-state index in [4.69, 9.17) is 9.47 Å². The van der Waals surface area contributed by atoms with E-state index in [1.165, 1.54) is 0 Å². The molecule has 4 nitrogen and oxygen atoms in total. The lowest BCUT2D eigenvalue weighted by Crippen LogP contribution is -2.49. The van der Waals surface area contributed by atoms with Crippen LogP contribution in [0.2, 0.25) is 0 Å². The van der Waals surface area contributed by atoms with E-state index >= 15 is 0 Å². The topological polar surface area (TPSA) is 47.6 Å². The SMILES string of the molecule is CCOC(=O)C(C)CNC1(C)CCOCC1. The summed E-state index contributed by atoms with van der Waals surface area (Å²) in [6.45, 7) is 8.65. The summed E-state index contributed by atoms with van der Waals surface area (Å²) in [5.74, 6) is -0.203. The van der Waals surface area contributed by atoms with Crippen LogP contribution in [0.25, 0.3) is 0 Å². The van der Waals surface area contributed by atoms with E-state index in [2.05, 4.69) is 12.2 Å². The van der Waals surface area contributed by atoms with Crippen LogP contribution in [-0.4, -0.2) is 37.9 Å². The van der Waals surface area contributed by atoms with Gasteiger partial charge in [-0.15, -0.1) is 0 Å². The Bertz CT molecular complexity index is 224. The number of carbonyl (C=O) groups is 1. The highest BCUT2D eigenvalue weighted by molar-refractivity contribution is 5.72.